The molecule has 0 radical (unpaired) electrons. The van der Waals surface area contributed by atoms with E-state index in [1.54, 1.807) is 0 Å². The number of benzene rings is 1. The number of anilines is 2. The minimum Gasteiger partial charge on any atom is -0.426 e. The molecule has 0 aliphatic rings. The number of esters is 2. The third-order valence-electron chi connectivity index (χ3n) is 2.74. The number of ether oxygens (including phenoxy) is 2. The lowest BCUT2D eigenvalue weighted by molar-refractivity contribution is -0.132. The first-order chi connectivity index (χ1) is 12.5. The maximum absolute atomic E-state index is 12.6. The zero-order valence-electron chi connectivity index (χ0n) is 14.4. The molecule has 0 unspecified atom stereocenters. The molecule has 0 saturated carbocycles. The number of rotatable bonds is 6. The Bertz CT molecular complexity index is 964. The van der Waals surface area contributed by atoms with Crippen LogP contribution in [0, 0.1) is 0 Å². The van der Waals surface area contributed by atoms with Crippen molar-refractivity contribution >= 4 is 50.2 Å². The second-order valence-electron chi connectivity index (χ2n) is 5.18. The Hall–Kier alpha value is -2.99. The van der Waals surface area contributed by atoms with Crippen molar-refractivity contribution < 1.29 is 32.3 Å². The number of carbonyl (C=O) groups excluding carboxylic acids is 3. The van der Waals surface area contributed by atoms with Crippen molar-refractivity contribution in [2.75, 3.05) is 16.3 Å². The Morgan fingerprint density at radius 1 is 1.07 bits per heavy atom. The fraction of sp³-hybridized carbons (Fsp3) is 0.200. The van der Waals surface area contributed by atoms with Gasteiger partial charge in [0.2, 0.25) is 10.0 Å². The monoisotopic (exact) mass is 413 g/mol. The SMILES string of the molecule is CC(=O)Oc1cccc(OC(C)=O)c1C(=O)Nc1nc(NS(C)(=O)=O)cs1. The molecule has 0 fully saturated rings. The standard InChI is InChI=1S/C15H15N3O7S2/c1-8(19)24-10-5-4-6-11(25-9(2)20)13(10)14(21)17-15-16-12(7-26-15)18-27(3,22)23/h4-7,18H,1-3H3,(H,16,17,21). The van der Waals surface area contributed by atoms with Crippen LogP contribution in [0.3, 0.4) is 0 Å². The van der Waals surface area contributed by atoms with Crippen molar-refractivity contribution in [2.24, 2.45) is 0 Å². The molecule has 0 atom stereocenters. The summed E-state index contributed by atoms with van der Waals surface area (Å²) in [5.41, 5.74) is -0.185. The average Bonchev–Trinajstić information content (AvgIpc) is 2.90. The fourth-order valence-corrected chi connectivity index (χ4v) is 3.14. The van der Waals surface area contributed by atoms with Gasteiger partial charge in [-0.25, -0.2) is 13.4 Å². The van der Waals surface area contributed by atoms with Crippen LogP contribution in [0.1, 0.15) is 24.2 Å². The van der Waals surface area contributed by atoms with E-state index in [4.69, 9.17) is 9.47 Å². The Labute approximate surface area is 158 Å². The summed E-state index contributed by atoms with van der Waals surface area (Å²) in [5, 5.41) is 3.91. The predicted octanol–water partition coefficient (Wildman–Crippen LogP) is 1.62. The number of hydrogen-bond donors (Lipinski definition) is 2. The molecule has 1 aromatic carbocycles. The molecule has 0 spiro atoms. The molecule has 0 aliphatic heterocycles. The van der Waals surface area contributed by atoms with Gasteiger partial charge >= 0.3 is 11.9 Å². The summed E-state index contributed by atoms with van der Waals surface area (Å²) >= 11 is 0.967. The van der Waals surface area contributed by atoms with Crippen LogP contribution in [0.25, 0.3) is 0 Å². The van der Waals surface area contributed by atoms with Crippen LogP contribution >= 0.6 is 11.3 Å². The zero-order chi connectivity index (χ0) is 20.2. The van der Waals surface area contributed by atoms with Crippen molar-refractivity contribution in [1.82, 2.24) is 4.98 Å². The van der Waals surface area contributed by atoms with Gasteiger partial charge in [-0.3, -0.25) is 24.4 Å². The highest BCUT2D eigenvalue weighted by atomic mass is 32.2. The minimum absolute atomic E-state index is 0.0336. The van der Waals surface area contributed by atoms with Gasteiger partial charge in [-0.05, 0) is 12.1 Å². The van der Waals surface area contributed by atoms with Crippen LogP contribution in [0.2, 0.25) is 0 Å². The number of carbonyl (C=O) groups is 3. The maximum atomic E-state index is 12.6. The second-order valence-corrected chi connectivity index (χ2v) is 7.79. The summed E-state index contributed by atoms with van der Waals surface area (Å²) in [7, 11) is -3.52. The summed E-state index contributed by atoms with van der Waals surface area (Å²) in [4.78, 5) is 39.1. The number of sulfonamides is 1. The van der Waals surface area contributed by atoms with Crippen molar-refractivity contribution in [3.63, 3.8) is 0 Å². The van der Waals surface area contributed by atoms with Crippen LogP contribution in [-0.4, -0.2) is 37.5 Å². The lowest BCUT2D eigenvalue weighted by Gasteiger charge is -2.12. The van der Waals surface area contributed by atoms with Crippen LogP contribution < -0.4 is 19.5 Å². The van der Waals surface area contributed by atoms with E-state index in [0.29, 0.717) is 0 Å². The number of amides is 1. The summed E-state index contributed by atoms with van der Waals surface area (Å²) < 4.78 is 34.6. The van der Waals surface area contributed by atoms with E-state index in [0.717, 1.165) is 31.4 Å². The summed E-state index contributed by atoms with van der Waals surface area (Å²) in [5.74, 6) is -2.28. The van der Waals surface area contributed by atoms with E-state index >= 15 is 0 Å². The van der Waals surface area contributed by atoms with E-state index < -0.39 is 27.9 Å². The average molecular weight is 413 g/mol. The van der Waals surface area contributed by atoms with E-state index in [1.165, 1.54) is 23.6 Å². The molecule has 2 aromatic rings. The Balaban J connectivity index is 2.33. The Morgan fingerprint density at radius 3 is 2.11 bits per heavy atom. The van der Waals surface area contributed by atoms with E-state index in [-0.39, 0.29) is 28.0 Å². The van der Waals surface area contributed by atoms with Crippen LogP contribution in [0.4, 0.5) is 10.9 Å². The molecule has 144 valence electrons. The molecule has 2 N–H and O–H groups in total. The Kier molecular flexibility index (Phi) is 6.13. The third kappa shape index (κ3) is 6.04. The largest absolute Gasteiger partial charge is 0.426 e. The number of nitrogens with one attached hydrogen (secondary N) is 2. The van der Waals surface area contributed by atoms with Gasteiger partial charge < -0.3 is 9.47 Å². The summed E-state index contributed by atoms with van der Waals surface area (Å²) in [6.07, 6.45) is 0.964. The number of thiazole rings is 1. The van der Waals surface area contributed by atoms with Gasteiger partial charge in [-0.2, -0.15) is 0 Å². The molecule has 0 aliphatic carbocycles. The maximum Gasteiger partial charge on any atom is 0.308 e. The fourth-order valence-electron chi connectivity index (χ4n) is 1.94. The second kappa shape index (κ2) is 8.14. The molecule has 1 aromatic heterocycles. The predicted molar refractivity (Wildman–Crippen MR) is 97.6 cm³/mol. The molecular weight excluding hydrogens is 398 g/mol. The van der Waals surface area contributed by atoms with E-state index in [1.807, 2.05) is 0 Å². The van der Waals surface area contributed by atoms with Gasteiger partial charge in [0.05, 0.1) is 6.26 Å². The highest BCUT2D eigenvalue weighted by Crippen LogP contribution is 2.30. The van der Waals surface area contributed by atoms with Crippen molar-refractivity contribution in [3.05, 3.63) is 29.1 Å². The molecular formula is C15H15N3O7S2. The molecule has 0 saturated heterocycles. The number of hydrogen-bond acceptors (Lipinski definition) is 9. The van der Waals surface area contributed by atoms with Gasteiger partial charge in [0.25, 0.3) is 5.91 Å². The minimum atomic E-state index is -3.52. The number of nitrogens with zero attached hydrogens (tertiary/aromatic N) is 1. The van der Waals surface area contributed by atoms with Crippen LogP contribution in [-0.2, 0) is 19.6 Å². The first-order valence-electron chi connectivity index (χ1n) is 7.29. The summed E-state index contributed by atoms with van der Waals surface area (Å²) in [6, 6.07) is 4.18. The van der Waals surface area contributed by atoms with Gasteiger partial charge in [0.15, 0.2) is 10.9 Å². The molecule has 0 bridgehead atoms. The molecule has 10 nitrogen and oxygen atoms in total. The summed E-state index contributed by atoms with van der Waals surface area (Å²) in [6.45, 7) is 2.31. The van der Waals surface area contributed by atoms with E-state index in [9.17, 15) is 22.8 Å². The smallest absolute Gasteiger partial charge is 0.308 e. The quantitative estimate of drug-likeness (QED) is 0.538. The van der Waals surface area contributed by atoms with Crippen molar-refractivity contribution in [2.45, 2.75) is 13.8 Å². The van der Waals surface area contributed by atoms with Gasteiger partial charge in [-0.15, -0.1) is 11.3 Å². The van der Waals surface area contributed by atoms with Crippen LogP contribution in [0.5, 0.6) is 11.5 Å². The third-order valence-corrected chi connectivity index (χ3v) is 4.07. The van der Waals surface area contributed by atoms with E-state index in [2.05, 4.69) is 15.0 Å². The zero-order valence-corrected chi connectivity index (χ0v) is 16.1. The molecule has 1 heterocycles. The van der Waals surface area contributed by atoms with Crippen LogP contribution in [0.15, 0.2) is 23.6 Å². The molecule has 1 amide bonds. The first-order valence-corrected chi connectivity index (χ1v) is 10.1. The van der Waals surface area contributed by atoms with Crippen molar-refractivity contribution in [1.29, 1.82) is 0 Å². The molecule has 2 rings (SSSR count). The molecule has 27 heavy (non-hydrogen) atoms. The highest BCUT2D eigenvalue weighted by Gasteiger charge is 2.22. The van der Waals surface area contributed by atoms with Gasteiger partial charge in [-0.1, -0.05) is 6.07 Å². The van der Waals surface area contributed by atoms with Crippen molar-refractivity contribution in [3.8, 4) is 11.5 Å². The van der Waals surface area contributed by atoms with Gasteiger partial charge in [0, 0.05) is 19.2 Å². The lowest BCUT2D eigenvalue weighted by Crippen LogP contribution is -2.17. The number of aromatic nitrogens is 1. The normalized spacial score (nSPS) is 10.8. The topological polar surface area (TPSA) is 141 Å². The Morgan fingerprint density at radius 2 is 1.63 bits per heavy atom. The highest BCUT2D eigenvalue weighted by molar-refractivity contribution is 7.92. The van der Waals surface area contributed by atoms with Gasteiger partial charge in [0.1, 0.15) is 17.1 Å². The molecule has 12 heteroatoms. The first kappa shape index (κ1) is 20.3. The lowest BCUT2D eigenvalue weighted by atomic mass is 10.1.